The van der Waals surface area contributed by atoms with Crippen molar-refractivity contribution in [3.63, 3.8) is 0 Å². The molecule has 4 aromatic heterocycles. The number of benzene rings is 6. The highest BCUT2D eigenvalue weighted by Crippen LogP contribution is 2.42. The number of pyridine rings is 1. The molecule has 0 amide bonds. The Hall–Kier alpha value is -6.50. The number of nitrogens with zero attached hydrogens (tertiary/aromatic N) is 4. The summed E-state index contributed by atoms with van der Waals surface area (Å²) in [6.45, 7) is 0. The molecule has 0 N–H and O–H groups in total. The molecule has 0 fully saturated rings. The van der Waals surface area contributed by atoms with Gasteiger partial charge >= 0.3 is 0 Å². The van der Waals surface area contributed by atoms with Crippen LogP contribution in [0.3, 0.4) is 0 Å². The highest BCUT2D eigenvalue weighted by Gasteiger charge is 2.21. The van der Waals surface area contributed by atoms with Crippen molar-refractivity contribution in [3.05, 3.63) is 158 Å². The van der Waals surface area contributed by atoms with Gasteiger partial charge in [0.2, 0.25) is 0 Å². The summed E-state index contributed by atoms with van der Waals surface area (Å²) in [6, 6.07) is 51.9. The van der Waals surface area contributed by atoms with E-state index in [2.05, 4.69) is 96.0 Å². The summed E-state index contributed by atoms with van der Waals surface area (Å²) in [4.78, 5) is 20.0. The van der Waals surface area contributed by atoms with E-state index in [4.69, 9.17) is 19.4 Å². The lowest BCUT2D eigenvalue weighted by Gasteiger charge is -2.10. The molecule has 0 unspecified atom stereocenters. The first-order valence-electron chi connectivity index (χ1n) is 16.5. The van der Waals surface area contributed by atoms with E-state index in [-0.39, 0.29) is 0 Å². The fourth-order valence-electron chi connectivity index (χ4n) is 6.91. The van der Waals surface area contributed by atoms with Crippen LogP contribution in [0.1, 0.15) is 0 Å². The van der Waals surface area contributed by atoms with E-state index in [0.29, 0.717) is 17.5 Å². The van der Waals surface area contributed by atoms with Gasteiger partial charge in [-0.1, -0.05) is 121 Å². The molecule has 0 aliphatic carbocycles. The van der Waals surface area contributed by atoms with Gasteiger partial charge in [-0.3, -0.25) is 4.98 Å². The summed E-state index contributed by atoms with van der Waals surface area (Å²) >= 11 is 1.79. The minimum absolute atomic E-state index is 0.601. The molecule has 10 aromatic rings. The van der Waals surface area contributed by atoms with E-state index < -0.39 is 0 Å². The van der Waals surface area contributed by atoms with Crippen molar-refractivity contribution >= 4 is 53.4 Å². The lowest BCUT2D eigenvalue weighted by molar-refractivity contribution is 0.670. The quantitative estimate of drug-likeness (QED) is 0.184. The second-order valence-electron chi connectivity index (χ2n) is 12.2. The minimum Gasteiger partial charge on any atom is -0.455 e. The molecule has 0 bridgehead atoms. The summed E-state index contributed by atoms with van der Waals surface area (Å²) in [5, 5.41) is 4.35. The molecule has 5 nitrogen and oxygen atoms in total. The molecule has 4 heterocycles. The van der Waals surface area contributed by atoms with Gasteiger partial charge in [0, 0.05) is 65.0 Å². The van der Waals surface area contributed by atoms with E-state index in [1.807, 2.05) is 66.9 Å². The van der Waals surface area contributed by atoms with Crippen LogP contribution in [0, 0.1) is 0 Å². The molecule has 10 rings (SSSR count). The molecular formula is C44H26N4OS. The molecule has 0 radical (unpaired) electrons. The maximum Gasteiger partial charge on any atom is 0.164 e. The van der Waals surface area contributed by atoms with Crippen LogP contribution in [0.15, 0.2) is 162 Å². The van der Waals surface area contributed by atoms with Crippen LogP contribution in [-0.4, -0.2) is 19.9 Å². The summed E-state index contributed by atoms with van der Waals surface area (Å²) in [5.74, 6) is 1.87. The first-order valence-corrected chi connectivity index (χ1v) is 17.3. The molecular weight excluding hydrogens is 633 g/mol. The van der Waals surface area contributed by atoms with Crippen LogP contribution in [0.25, 0.3) is 98.7 Å². The average Bonchev–Trinajstić information content (AvgIpc) is 3.77. The Balaban J connectivity index is 1.18. The lowest BCUT2D eigenvalue weighted by Crippen LogP contribution is -2.00. The average molecular weight is 659 g/mol. The smallest absolute Gasteiger partial charge is 0.164 e. The summed E-state index contributed by atoms with van der Waals surface area (Å²) in [7, 11) is 0. The highest BCUT2D eigenvalue weighted by molar-refractivity contribution is 7.25. The number of aromatic nitrogens is 4. The highest BCUT2D eigenvalue weighted by atomic mass is 32.1. The fourth-order valence-corrected chi connectivity index (χ4v) is 8.04. The first-order chi connectivity index (χ1) is 24.8. The van der Waals surface area contributed by atoms with Crippen molar-refractivity contribution in [2.45, 2.75) is 0 Å². The summed E-state index contributed by atoms with van der Waals surface area (Å²) < 4.78 is 9.10. The summed E-state index contributed by atoms with van der Waals surface area (Å²) in [5.41, 5.74) is 8.53. The Morgan fingerprint density at radius 3 is 1.88 bits per heavy atom. The molecule has 0 spiro atoms. The lowest BCUT2D eigenvalue weighted by atomic mass is 9.99. The van der Waals surface area contributed by atoms with Gasteiger partial charge in [0.25, 0.3) is 0 Å². The van der Waals surface area contributed by atoms with Gasteiger partial charge < -0.3 is 4.42 Å². The number of fused-ring (bicyclic) bond motifs is 6. The van der Waals surface area contributed by atoms with Crippen molar-refractivity contribution < 1.29 is 4.42 Å². The number of rotatable bonds is 5. The second kappa shape index (κ2) is 11.6. The van der Waals surface area contributed by atoms with E-state index in [9.17, 15) is 0 Å². The second-order valence-corrected chi connectivity index (χ2v) is 13.3. The van der Waals surface area contributed by atoms with Crippen LogP contribution in [0.2, 0.25) is 0 Å². The van der Waals surface area contributed by atoms with Crippen LogP contribution in [0.5, 0.6) is 0 Å². The van der Waals surface area contributed by atoms with Crippen molar-refractivity contribution in [1.29, 1.82) is 0 Å². The monoisotopic (exact) mass is 658 g/mol. The normalized spacial score (nSPS) is 11.6. The third kappa shape index (κ3) is 4.69. The third-order valence-corrected chi connectivity index (χ3v) is 10.4. The zero-order valence-electron chi connectivity index (χ0n) is 26.6. The van der Waals surface area contributed by atoms with E-state index in [1.165, 1.54) is 14.8 Å². The Morgan fingerprint density at radius 2 is 1.06 bits per heavy atom. The fraction of sp³-hybridized carbons (Fsp3) is 0. The number of furan rings is 1. The molecule has 0 atom stereocenters. The molecule has 6 aromatic carbocycles. The largest absolute Gasteiger partial charge is 0.455 e. The van der Waals surface area contributed by atoms with Crippen LogP contribution >= 0.6 is 11.3 Å². The van der Waals surface area contributed by atoms with E-state index in [1.54, 1.807) is 11.3 Å². The van der Waals surface area contributed by atoms with Crippen LogP contribution < -0.4 is 0 Å². The van der Waals surface area contributed by atoms with E-state index in [0.717, 1.165) is 66.4 Å². The molecule has 0 saturated heterocycles. The van der Waals surface area contributed by atoms with Crippen LogP contribution in [0.4, 0.5) is 0 Å². The predicted octanol–water partition coefficient (Wildman–Crippen LogP) is 11.9. The standard InChI is InChI=1S/C44H26N4OS/c1-2-11-29(12-3-1)42-46-43(48-44(47-42)34-17-10-21-38-40(34)31-13-4-5-20-37(31)50-38)33-16-9-19-36-39(33)32-15-8-14-30(41(32)49-36)27-22-24-28(25-23-27)35-18-6-7-26-45-35/h1-26H. The minimum atomic E-state index is 0.601. The maximum atomic E-state index is 6.66. The first kappa shape index (κ1) is 28.5. The van der Waals surface area contributed by atoms with Gasteiger partial charge in [-0.15, -0.1) is 11.3 Å². The van der Waals surface area contributed by atoms with Crippen molar-refractivity contribution in [2.24, 2.45) is 0 Å². The van der Waals surface area contributed by atoms with Gasteiger partial charge in [-0.25, -0.2) is 15.0 Å². The van der Waals surface area contributed by atoms with Gasteiger partial charge in [0.1, 0.15) is 11.2 Å². The molecule has 234 valence electrons. The topological polar surface area (TPSA) is 64.7 Å². The molecule has 0 saturated carbocycles. The van der Waals surface area contributed by atoms with E-state index >= 15 is 0 Å². The van der Waals surface area contributed by atoms with Gasteiger partial charge in [0.15, 0.2) is 17.5 Å². The van der Waals surface area contributed by atoms with Gasteiger partial charge in [0.05, 0.1) is 5.69 Å². The SMILES string of the molecule is c1ccc(-c2nc(-c3cccc4oc5c(-c6ccc(-c7ccccn7)cc6)cccc5c34)nc(-c3cccc4sc5ccccc5c34)n2)cc1. The number of para-hydroxylation sites is 1. The molecule has 0 aliphatic rings. The Kier molecular flexibility index (Phi) is 6.60. The van der Waals surface area contributed by atoms with Gasteiger partial charge in [-0.2, -0.15) is 0 Å². The molecule has 50 heavy (non-hydrogen) atoms. The molecule has 0 aliphatic heterocycles. The van der Waals surface area contributed by atoms with Crippen molar-refractivity contribution in [1.82, 2.24) is 19.9 Å². The zero-order valence-corrected chi connectivity index (χ0v) is 27.4. The van der Waals surface area contributed by atoms with Crippen molar-refractivity contribution in [3.8, 4) is 56.5 Å². The number of hydrogen-bond acceptors (Lipinski definition) is 6. The Bertz CT molecular complexity index is 2860. The van der Waals surface area contributed by atoms with Gasteiger partial charge in [-0.05, 0) is 35.9 Å². The number of thiophene rings is 1. The third-order valence-electron chi connectivity index (χ3n) is 9.23. The zero-order chi connectivity index (χ0) is 33.0. The Morgan fingerprint density at radius 1 is 0.420 bits per heavy atom. The number of hydrogen-bond donors (Lipinski definition) is 0. The Labute approximate surface area is 291 Å². The molecule has 6 heteroatoms. The van der Waals surface area contributed by atoms with Crippen LogP contribution in [-0.2, 0) is 0 Å². The predicted molar refractivity (Wildman–Crippen MR) is 205 cm³/mol. The summed E-state index contributed by atoms with van der Waals surface area (Å²) in [6.07, 6.45) is 1.82. The maximum absolute atomic E-state index is 6.66. The van der Waals surface area contributed by atoms with Crippen molar-refractivity contribution in [2.75, 3.05) is 0 Å².